The van der Waals surface area contributed by atoms with E-state index >= 15 is 0 Å². The summed E-state index contributed by atoms with van der Waals surface area (Å²) in [4.78, 5) is 0. The first-order valence-corrected chi connectivity index (χ1v) is 2.41. The molecule has 0 aliphatic heterocycles. The molecule has 1 atom stereocenters. The van der Waals surface area contributed by atoms with Gasteiger partial charge in [-0.25, -0.2) is 0 Å². The normalized spacial score (nSPS) is 28.4. The molecule has 0 fully saturated rings. The second-order valence-electron chi connectivity index (χ2n) is 1.62. The standard InChI is InChI=1S/C6H8O/c7-6-4-2-1-3-5-6/h1-4,6-7H,5H2. The minimum Gasteiger partial charge on any atom is -0.389 e. The van der Waals surface area contributed by atoms with Gasteiger partial charge in [0.05, 0.1) is 6.10 Å². The highest BCUT2D eigenvalue weighted by atomic mass is 16.3. The summed E-state index contributed by atoms with van der Waals surface area (Å²) in [7, 11) is 0. The average molecular weight is 96.1 g/mol. The van der Waals surface area contributed by atoms with Gasteiger partial charge in [-0.3, -0.25) is 0 Å². The molecule has 1 unspecified atom stereocenters. The van der Waals surface area contributed by atoms with Crippen LogP contribution in [-0.4, -0.2) is 11.2 Å². The van der Waals surface area contributed by atoms with Gasteiger partial charge in [0.15, 0.2) is 0 Å². The Balaban J connectivity index is 2.49. The van der Waals surface area contributed by atoms with E-state index in [2.05, 4.69) is 0 Å². The van der Waals surface area contributed by atoms with Gasteiger partial charge in [-0.1, -0.05) is 24.3 Å². The maximum Gasteiger partial charge on any atom is 0.0758 e. The molecule has 1 rings (SSSR count). The lowest BCUT2D eigenvalue weighted by atomic mass is 10.1. The molecular weight excluding hydrogens is 88.1 g/mol. The number of aliphatic hydroxyl groups excluding tert-OH is 1. The Kier molecular flexibility index (Phi) is 1.27. The Morgan fingerprint density at radius 3 is 2.57 bits per heavy atom. The van der Waals surface area contributed by atoms with Crippen molar-refractivity contribution in [1.29, 1.82) is 0 Å². The van der Waals surface area contributed by atoms with Crippen LogP contribution in [0.2, 0.25) is 0 Å². The van der Waals surface area contributed by atoms with E-state index in [1.54, 1.807) is 6.08 Å². The van der Waals surface area contributed by atoms with Crippen molar-refractivity contribution < 1.29 is 5.11 Å². The van der Waals surface area contributed by atoms with Crippen molar-refractivity contribution in [3.63, 3.8) is 0 Å². The number of aliphatic hydroxyl groups is 1. The van der Waals surface area contributed by atoms with Crippen LogP contribution in [0.1, 0.15) is 6.42 Å². The lowest BCUT2D eigenvalue weighted by Gasteiger charge is -2.01. The van der Waals surface area contributed by atoms with Crippen molar-refractivity contribution in [2.75, 3.05) is 0 Å². The Hall–Kier alpha value is -0.560. The summed E-state index contributed by atoms with van der Waals surface area (Å²) in [6.45, 7) is 0. The molecule has 0 aromatic rings. The van der Waals surface area contributed by atoms with Crippen molar-refractivity contribution in [3.8, 4) is 0 Å². The van der Waals surface area contributed by atoms with E-state index in [-0.39, 0.29) is 6.10 Å². The third-order valence-corrected chi connectivity index (χ3v) is 0.958. The zero-order valence-corrected chi connectivity index (χ0v) is 4.04. The first-order chi connectivity index (χ1) is 3.39. The molecule has 0 saturated carbocycles. The van der Waals surface area contributed by atoms with Gasteiger partial charge in [0.25, 0.3) is 0 Å². The highest BCUT2D eigenvalue weighted by molar-refractivity contribution is 5.11. The molecule has 0 saturated heterocycles. The zero-order chi connectivity index (χ0) is 5.11. The Morgan fingerprint density at radius 2 is 2.29 bits per heavy atom. The monoisotopic (exact) mass is 96.1 g/mol. The molecule has 38 valence electrons. The Labute approximate surface area is 43.0 Å². The topological polar surface area (TPSA) is 20.2 Å². The van der Waals surface area contributed by atoms with Crippen LogP contribution in [0.3, 0.4) is 0 Å². The molecule has 1 aliphatic rings. The van der Waals surface area contributed by atoms with Crippen LogP contribution < -0.4 is 0 Å². The molecule has 1 nitrogen and oxygen atoms in total. The van der Waals surface area contributed by atoms with Crippen molar-refractivity contribution in [2.24, 2.45) is 0 Å². The molecule has 1 heteroatoms. The van der Waals surface area contributed by atoms with Gasteiger partial charge in [-0.2, -0.15) is 0 Å². The van der Waals surface area contributed by atoms with E-state index in [0.29, 0.717) is 0 Å². The lowest BCUT2D eigenvalue weighted by molar-refractivity contribution is 0.225. The molecule has 0 spiro atoms. The smallest absolute Gasteiger partial charge is 0.0758 e. The fraction of sp³-hybridized carbons (Fsp3) is 0.333. The van der Waals surface area contributed by atoms with Crippen LogP contribution in [0.15, 0.2) is 24.3 Å². The quantitative estimate of drug-likeness (QED) is 0.474. The van der Waals surface area contributed by atoms with E-state index in [9.17, 15) is 0 Å². The number of rotatable bonds is 0. The van der Waals surface area contributed by atoms with E-state index in [4.69, 9.17) is 5.11 Å². The van der Waals surface area contributed by atoms with E-state index in [1.807, 2.05) is 18.2 Å². The molecular formula is C6H8O. The van der Waals surface area contributed by atoms with Gasteiger partial charge in [0.2, 0.25) is 0 Å². The molecule has 0 radical (unpaired) electrons. The molecule has 0 bridgehead atoms. The molecule has 0 aromatic carbocycles. The fourth-order valence-electron chi connectivity index (χ4n) is 0.568. The Bertz CT molecular complexity index is 103. The molecule has 1 N–H and O–H groups in total. The predicted molar refractivity (Wildman–Crippen MR) is 28.9 cm³/mol. The van der Waals surface area contributed by atoms with Gasteiger partial charge in [0, 0.05) is 0 Å². The van der Waals surface area contributed by atoms with Gasteiger partial charge in [-0.15, -0.1) is 0 Å². The number of allylic oxidation sites excluding steroid dienone is 2. The molecule has 0 heterocycles. The van der Waals surface area contributed by atoms with Crippen molar-refractivity contribution in [3.05, 3.63) is 24.3 Å². The van der Waals surface area contributed by atoms with Crippen LogP contribution in [0.5, 0.6) is 0 Å². The van der Waals surface area contributed by atoms with Gasteiger partial charge < -0.3 is 5.11 Å². The first-order valence-electron chi connectivity index (χ1n) is 2.41. The van der Waals surface area contributed by atoms with Crippen LogP contribution in [0.4, 0.5) is 0 Å². The van der Waals surface area contributed by atoms with E-state index in [0.717, 1.165) is 6.42 Å². The van der Waals surface area contributed by atoms with Gasteiger partial charge in [0.1, 0.15) is 0 Å². The average Bonchev–Trinajstić information content (AvgIpc) is 1.69. The van der Waals surface area contributed by atoms with Crippen LogP contribution in [0, 0.1) is 0 Å². The van der Waals surface area contributed by atoms with Crippen molar-refractivity contribution in [1.82, 2.24) is 0 Å². The second kappa shape index (κ2) is 1.94. The van der Waals surface area contributed by atoms with E-state index < -0.39 is 0 Å². The summed E-state index contributed by atoms with van der Waals surface area (Å²) < 4.78 is 0. The summed E-state index contributed by atoms with van der Waals surface area (Å²) in [5.41, 5.74) is 0. The Morgan fingerprint density at radius 1 is 1.43 bits per heavy atom. The van der Waals surface area contributed by atoms with Crippen molar-refractivity contribution in [2.45, 2.75) is 12.5 Å². The largest absolute Gasteiger partial charge is 0.389 e. The lowest BCUT2D eigenvalue weighted by Crippen LogP contribution is -2.00. The summed E-state index contributed by atoms with van der Waals surface area (Å²) in [5.74, 6) is 0. The maximum atomic E-state index is 8.77. The molecule has 0 amide bonds. The summed E-state index contributed by atoms with van der Waals surface area (Å²) in [5, 5.41) is 8.77. The summed E-state index contributed by atoms with van der Waals surface area (Å²) >= 11 is 0. The highest BCUT2D eigenvalue weighted by Gasteiger charge is 1.95. The van der Waals surface area contributed by atoms with Gasteiger partial charge >= 0.3 is 0 Å². The summed E-state index contributed by atoms with van der Waals surface area (Å²) in [6, 6.07) is 0. The first kappa shape index (κ1) is 4.60. The molecule has 7 heavy (non-hydrogen) atoms. The van der Waals surface area contributed by atoms with E-state index in [1.165, 1.54) is 0 Å². The third-order valence-electron chi connectivity index (χ3n) is 0.958. The highest BCUT2D eigenvalue weighted by Crippen LogP contribution is 2.00. The van der Waals surface area contributed by atoms with Crippen molar-refractivity contribution >= 4 is 0 Å². The maximum absolute atomic E-state index is 8.77. The number of hydrogen-bond acceptors (Lipinski definition) is 1. The minimum absolute atomic E-state index is 0.231. The molecule has 1 aliphatic carbocycles. The minimum atomic E-state index is -0.231. The molecule has 0 aromatic heterocycles. The van der Waals surface area contributed by atoms with Crippen LogP contribution in [-0.2, 0) is 0 Å². The predicted octanol–water partition coefficient (Wildman–Crippen LogP) is 0.863. The fourth-order valence-corrected chi connectivity index (χ4v) is 0.568. The van der Waals surface area contributed by atoms with Crippen LogP contribution in [0.25, 0.3) is 0 Å². The second-order valence-corrected chi connectivity index (χ2v) is 1.62. The van der Waals surface area contributed by atoms with Crippen LogP contribution >= 0.6 is 0 Å². The number of hydrogen-bond donors (Lipinski definition) is 1. The zero-order valence-electron chi connectivity index (χ0n) is 4.04. The SMILES string of the molecule is OC1C=CC=CC1. The van der Waals surface area contributed by atoms with Gasteiger partial charge in [-0.05, 0) is 6.42 Å². The third kappa shape index (κ3) is 1.16. The summed E-state index contributed by atoms with van der Waals surface area (Å²) in [6.07, 6.45) is 8.06.